The first-order valence-corrected chi connectivity index (χ1v) is 28.4. The largest absolute Gasteiger partial charge is 0.479 e. The maximum Gasteiger partial charge on any atom is 0.474 e. The SMILES string of the molecule is CCCCCCCCCCCCCCCCCC(=O)C(OP(=O)(O)OCC[N+](C)(C)C)(C(=O)O)[C@H](CO)OC1CC[C@@]2(C)C(=CCC3C2CC[C@@]2(C)C3CC[C@@H]2[C@H](C)CCCC(C)C)C1. The van der Waals surface area contributed by atoms with Gasteiger partial charge >= 0.3 is 13.8 Å². The Morgan fingerprint density at radius 1 is 0.831 bits per heavy atom. The Kier molecular flexibility index (Phi) is 22.7. The number of nitrogens with zero attached hydrogens (tertiary/aromatic N) is 1. The van der Waals surface area contributed by atoms with E-state index in [2.05, 4.69) is 47.6 Å². The quantitative estimate of drug-likeness (QED) is 0.0193. The predicted octanol–water partition coefficient (Wildman–Crippen LogP) is 13.3. The summed E-state index contributed by atoms with van der Waals surface area (Å²) in [7, 11) is 0.587. The first-order valence-electron chi connectivity index (χ1n) is 26.9. The maximum absolute atomic E-state index is 14.3. The van der Waals surface area contributed by atoms with Gasteiger partial charge in [0.05, 0.1) is 33.9 Å². The third-order valence-electron chi connectivity index (χ3n) is 17.3. The van der Waals surface area contributed by atoms with Crippen molar-refractivity contribution in [3.8, 4) is 0 Å². The van der Waals surface area contributed by atoms with E-state index in [9.17, 15) is 29.3 Å². The van der Waals surface area contributed by atoms with E-state index in [-0.39, 0.29) is 18.4 Å². The fourth-order valence-electron chi connectivity index (χ4n) is 13.3. The summed E-state index contributed by atoms with van der Waals surface area (Å²) in [4.78, 5) is 38.8. The minimum absolute atomic E-state index is 0.00372. The van der Waals surface area contributed by atoms with Crippen LogP contribution in [0.2, 0.25) is 0 Å². The van der Waals surface area contributed by atoms with Gasteiger partial charge in [-0.2, -0.15) is 0 Å². The Balaban J connectivity index is 1.40. The van der Waals surface area contributed by atoms with E-state index in [1.165, 1.54) is 115 Å². The number of fused-ring (bicyclic) bond motifs is 5. The number of carboxylic acid groups (broad SMARTS) is 1. The van der Waals surface area contributed by atoms with Crippen LogP contribution >= 0.6 is 7.82 Å². The average Bonchev–Trinajstić information content (AvgIpc) is 3.59. The number of carboxylic acids is 1. The number of likely N-dealkylation sites (N-methyl/N-ethyl adjacent to an activating group) is 1. The lowest BCUT2D eigenvalue weighted by atomic mass is 9.47. The number of hydrogen-bond acceptors (Lipinski definition) is 7. The fourth-order valence-corrected chi connectivity index (χ4v) is 14.4. The van der Waals surface area contributed by atoms with Gasteiger partial charge in [-0.05, 0) is 104 Å². The molecule has 0 amide bonds. The molecule has 0 saturated heterocycles. The van der Waals surface area contributed by atoms with Crippen molar-refractivity contribution in [3.05, 3.63) is 11.6 Å². The summed E-state index contributed by atoms with van der Waals surface area (Å²) in [6.45, 7) is 13.8. The van der Waals surface area contributed by atoms with E-state index >= 15 is 0 Å². The van der Waals surface area contributed by atoms with E-state index < -0.39 is 44.0 Å². The second-order valence-corrected chi connectivity index (χ2v) is 24.9. The number of ether oxygens (including phenoxy) is 1. The van der Waals surface area contributed by atoms with Crippen LogP contribution in [0, 0.1) is 46.3 Å². The van der Waals surface area contributed by atoms with Crippen molar-refractivity contribution in [1.29, 1.82) is 0 Å². The van der Waals surface area contributed by atoms with Crippen LogP contribution in [0.3, 0.4) is 0 Å². The Morgan fingerprint density at radius 2 is 1.43 bits per heavy atom. The number of phosphoric acid groups is 1. The number of aliphatic hydroxyl groups excluding tert-OH is 1. The van der Waals surface area contributed by atoms with Gasteiger partial charge in [0.25, 0.3) is 5.60 Å². The highest BCUT2D eigenvalue weighted by molar-refractivity contribution is 7.47. The van der Waals surface area contributed by atoms with Crippen LogP contribution in [-0.4, -0.2) is 90.1 Å². The lowest BCUT2D eigenvalue weighted by Crippen LogP contribution is -2.60. The zero-order chi connectivity index (χ0) is 47.9. The molecule has 11 heteroatoms. The number of carbonyl (C=O) groups is 2. The summed E-state index contributed by atoms with van der Waals surface area (Å²) < 4.78 is 31.4. The molecule has 3 saturated carbocycles. The molecule has 6 unspecified atom stereocenters. The summed E-state index contributed by atoms with van der Waals surface area (Å²) in [6, 6.07) is 0. The van der Waals surface area contributed by atoms with Gasteiger partial charge in [-0.3, -0.25) is 13.8 Å². The number of rotatable bonds is 33. The van der Waals surface area contributed by atoms with E-state index in [0.717, 1.165) is 62.2 Å². The van der Waals surface area contributed by atoms with E-state index in [0.29, 0.717) is 47.5 Å². The number of aliphatic carboxylic acids is 1. The zero-order valence-electron chi connectivity index (χ0n) is 43.1. The molecular formula is C54H99NO9P+. The number of quaternary nitrogens is 1. The highest BCUT2D eigenvalue weighted by Gasteiger charge is 2.61. The highest BCUT2D eigenvalue weighted by Crippen LogP contribution is 2.67. The van der Waals surface area contributed by atoms with Crippen LogP contribution in [0.25, 0.3) is 0 Å². The monoisotopic (exact) mass is 937 g/mol. The third kappa shape index (κ3) is 15.7. The molecule has 0 spiro atoms. The van der Waals surface area contributed by atoms with Crippen molar-refractivity contribution in [3.63, 3.8) is 0 Å². The minimum Gasteiger partial charge on any atom is -0.479 e. The molecule has 378 valence electrons. The Morgan fingerprint density at radius 3 is 1.98 bits per heavy atom. The molecule has 0 aromatic carbocycles. The number of Topliss-reactive ketones (excluding diaryl/α,β-unsaturated/α-hetero) is 1. The normalized spacial score (nSPS) is 29.5. The van der Waals surface area contributed by atoms with Crippen LogP contribution < -0.4 is 0 Å². The van der Waals surface area contributed by atoms with Crippen LogP contribution in [0.15, 0.2) is 11.6 Å². The molecule has 65 heavy (non-hydrogen) atoms. The minimum atomic E-state index is -5.10. The molecule has 4 aliphatic carbocycles. The number of phosphoric ester groups is 1. The molecule has 4 aliphatic rings. The fraction of sp³-hybridized carbons (Fsp3) is 0.926. The first-order chi connectivity index (χ1) is 30.7. The zero-order valence-corrected chi connectivity index (χ0v) is 44.0. The van der Waals surface area contributed by atoms with E-state index in [1.54, 1.807) is 0 Å². The molecule has 10 nitrogen and oxygen atoms in total. The number of allylic oxidation sites excluding steroid dienone is 1. The summed E-state index contributed by atoms with van der Waals surface area (Å²) in [5, 5.41) is 21.8. The lowest BCUT2D eigenvalue weighted by molar-refractivity contribution is -0.870. The average molecular weight is 937 g/mol. The molecule has 0 bridgehead atoms. The van der Waals surface area contributed by atoms with E-state index in [4.69, 9.17) is 13.8 Å². The second-order valence-electron chi connectivity index (χ2n) is 23.5. The van der Waals surface area contributed by atoms with Crippen molar-refractivity contribution in [2.24, 2.45) is 46.3 Å². The molecule has 0 aliphatic heterocycles. The molecule has 3 N–H and O–H groups in total. The second kappa shape index (κ2) is 26.2. The standard InChI is InChI=1S/C54H98NO9P/c1-10-11-12-13-14-15-16-17-18-19-20-21-22-23-24-28-49(57)54(51(58)59,64-65(60,61)62-38-37-55(7,8)9)50(40-56)63-44-33-35-52(5)43(39-44)29-30-45-47-32-31-46(42(4)27-25-26-41(2)3)53(47,6)36-34-48(45)52/h29,41-42,44-48,50,56H,10-28,30-40H2,1-9H3,(H-,58,59,60,61)/p+1/t42-,44?,45?,46-,47?,48?,50+,52+,53-,54?/m1/s1. The maximum atomic E-state index is 14.3. The van der Waals surface area contributed by atoms with Gasteiger partial charge in [0, 0.05) is 6.42 Å². The van der Waals surface area contributed by atoms with Crippen LogP contribution in [0.1, 0.15) is 215 Å². The van der Waals surface area contributed by atoms with Gasteiger partial charge in [0.2, 0.25) is 0 Å². The predicted molar refractivity (Wildman–Crippen MR) is 263 cm³/mol. The van der Waals surface area contributed by atoms with Gasteiger partial charge in [0.15, 0.2) is 5.78 Å². The summed E-state index contributed by atoms with van der Waals surface area (Å²) in [5.41, 5.74) is -1.20. The van der Waals surface area contributed by atoms with E-state index in [1.807, 2.05) is 21.1 Å². The van der Waals surface area contributed by atoms with Crippen molar-refractivity contribution >= 4 is 19.6 Å². The summed E-state index contributed by atoms with van der Waals surface area (Å²) >= 11 is 0. The summed E-state index contributed by atoms with van der Waals surface area (Å²) in [6.07, 6.45) is 29.5. The van der Waals surface area contributed by atoms with Crippen molar-refractivity contribution in [1.82, 2.24) is 0 Å². The van der Waals surface area contributed by atoms with Crippen molar-refractivity contribution < 1.29 is 47.5 Å². The Labute approximate surface area is 397 Å². The molecule has 0 aromatic rings. The van der Waals surface area contributed by atoms with Crippen molar-refractivity contribution in [2.75, 3.05) is 40.9 Å². The molecule has 0 heterocycles. The van der Waals surface area contributed by atoms with Crippen molar-refractivity contribution in [2.45, 2.75) is 233 Å². The topological polar surface area (TPSA) is 140 Å². The number of unbranched alkanes of at least 4 members (excludes halogenated alkanes) is 14. The Hall–Kier alpha value is -1.13. The van der Waals surface area contributed by atoms with Crippen LogP contribution in [0.4, 0.5) is 0 Å². The number of ketones is 1. The molecule has 0 radical (unpaired) electrons. The Bertz CT molecular complexity index is 1530. The third-order valence-corrected chi connectivity index (χ3v) is 18.3. The highest BCUT2D eigenvalue weighted by atomic mass is 31.2. The molecule has 11 atom stereocenters. The van der Waals surface area contributed by atoms with Gasteiger partial charge < -0.3 is 24.3 Å². The van der Waals surface area contributed by atoms with Crippen LogP contribution in [-0.2, 0) is 27.9 Å². The molecule has 0 aromatic heterocycles. The molecular weight excluding hydrogens is 838 g/mol. The number of hydrogen-bond donors (Lipinski definition) is 3. The van der Waals surface area contributed by atoms with Crippen LogP contribution in [0.5, 0.6) is 0 Å². The number of aliphatic hydroxyl groups is 1. The molecule has 3 fully saturated rings. The van der Waals surface area contributed by atoms with Gasteiger partial charge in [-0.25, -0.2) is 9.36 Å². The first kappa shape index (κ1) is 56.5. The number of carbonyl (C=O) groups excluding carboxylic acids is 1. The van der Waals surface area contributed by atoms with Gasteiger partial charge in [0.1, 0.15) is 19.3 Å². The van der Waals surface area contributed by atoms with Gasteiger partial charge in [-0.15, -0.1) is 0 Å². The summed E-state index contributed by atoms with van der Waals surface area (Å²) in [5.74, 6) is 1.63. The lowest BCUT2D eigenvalue weighted by Gasteiger charge is -2.58. The molecule has 4 rings (SSSR count). The van der Waals surface area contributed by atoms with Gasteiger partial charge in [-0.1, -0.05) is 162 Å². The smallest absolute Gasteiger partial charge is 0.474 e.